The van der Waals surface area contributed by atoms with E-state index in [9.17, 15) is 4.79 Å². The molecule has 2 aromatic rings. The van der Waals surface area contributed by atoms with Gasteiger partial charge in [0, 0.05) is 44.2 Å². The quantitative estimate of drug-likeness (QED) is 0.289. The molecule has 7 heteroatoms. The van der Waals surface area contributed by atoms with Gasteiger partial charge in [-0.15, -0.1) is 24.0 Å². The van der Waals surface area contributed by atoms with Crippen molar-refractivity contribution in [1.82, 2.24) is 10.2 Å². The van der Waals surface area contributed by atoms with Crippen LogP contribution in [0.2, 0.25) is 0 Å². The third-order valence-electron chi connectivity index (χ3n) is 5.46. The smallest absolute Gasteiger partial charge is 0.226 e. The number of carbonyl (C=O) groups is 1. The molecule has 174 valence electrons. The zero-order valence-corrected chi connectivity index (χ0v) is 21.5. The molecule has 0 saturated carbocycles. The van der Waals surface area contributed by atoms with Crippen LogP contribution in [-0.4, -0.2) is 43.5 Å². The summed E-state index contributed by atoms with van der Waals surface area (Å²) in [5.41, 5.74) is 3.18. The van der Waals surface area contributed by atoms with Gasteiger partial charge in [-0.25, -0.2) is 0 Å². The molecule has 3 rings (SSSR count). The van der Waals surface area contributed by atoms with E-state index in [-0.39, 0.29) is 35.8 Å². The molecule has 0 spiro atoms. The predicted molar refractivity (Wildman–Crippen MR) is 141 cm³/mol. The lowest BCUT2D eigenvalue weighted by molar-refractivity contribution is -0.118. The van der Waals surface area contributed by atoms with E-state index in [0.29, 0.717) is 19.1 Å². The summed E-state index contributed by atoms with van der Waals surface area (Å²) in [6, 6.07) is 18.2. The van der Waals surface area contributed by atoms with Gasteiger partial charge in [-0.05, 0) is 29.7 Å². The molecule has 1 heterocycles. The molecule has 2 aromatic carbocycles. The lowest BCUT2D eigenvalue weighted by Crippen LogP contribution is -2.39. The van der Waals surface area contributed by atoms with Crippen LogP contribution in [-0.2, 0) is 22.7 Å². The van der Waals surface area contributed by atoms with Crippen molar-refractivity contribution in [3.63, 3.8) is 0 Å². The van der Waals surface area contributed by atoms with Crippen LogP contribution in [0.5, 0.6) is 0 Å². The minimum absolute atomic E-state index is 0. The molecule has 1 saturated heterocycles. The molecule has 2 N–H and O–H groups in total. The SMILES string of the molecule is CN=C(NCc1ccc(NC(=O)C(C)C)cc1)N1CCC(COCc2ccccc2)C1.I. The maximum absolute atomic E-state index is 11.8. The number of hydrogen-bond donors (Lipinski definition) is 2. The number of ether oxygens (including phenoxy) is 1. The van der Waals surface area contributed by atoms with Crippen molar-refractivity contribution in [1.29, 1.82) is 0 Å². The number of likely N-dealkylation sites (tertiary alicyclic amines) is 1. The topological polar surface area (TPSA) is 66.0 Å². The van der Waals surface area contributed by atoms with E-state index >= 15 is 0 Å². The number of amides is 1. The van der Waals surface area contributed by atoms with Gasteiger partial charge >= 0.3 is 0 Å². The third-order valence-corrected chi connectivity index (χ3v) is 5.46. The molecule has 6 nitrogen and oxygen atoms in total. The summed E-state index contributed by atoms with van der Waals surface area (Å²) in [7, 11) is 1.83. The van der Waals surface area contributed by atoms with E-state index in [1.54, 1.807) is 0 Å². The average molecular weight is 550 g/mol. The van der Waals surface area contributed by atoms with Gasteiger partial charge in [0.2, 0.25) is 5.91 Å². The Labute approximate surface area is 208 Å². The lowest BCUT2D eigenvalue weighted by atomic mass is 10.1. The summed E-state index contributed by atoms with van der Waals surface area (Å²) < 4.78 is 5.93. The number of anilines is 1. The first-order valence-corrected chi connectivity index (χ1v) is 11.0. The van der Waals surface area contributed by atoms with Gasteiger partial charge in [0.25, 0.3) is 0 Å². The molecular weight excluding hydrogens is 515 g/mol. The fraction of sp³-hybridized carbons (Fsp3) is 0.440. The van der Waals surface area contributed by atoms with Gasteiger partial charge in [0.05, 0.1) is 13.2 Å². The van der Waals surface area contributed by atoms with Crippen molar-refractivity contribution in [2.75, 3.05) is 32.1 Å². The van der Waals surface area contributed by atoms with Gasteiger partial charge in [0.1, 0.15) is 0 Å². The number of carbonyl (C=O) groups excluding carboxylic acids is 1. The number of hydrogen-bond acceptors (Lipinski definition) is 3. The van der Waals surface area contributed by atoms with Crippen LogP contribution < -0.4 is 10.6 Å². The highest BCUT2D eigenvalue weighted by molar-refractivity contribution is 14.0. The van der Waals surface area contributed by atoms with Crippen molar-refractivity contribution in [2.45, 2.75) is 33.4 Å². The average Bonchev–Trinajstić information content (AvgIpc) is 3.24. The number of halogens is 1. The van der Waals surface area contributed by atoms with E-state index < -0.39 is 0 Å². The van der Waals surface area contributed by atoms with Gasteiger partial charge < -0.3 is 20.3 Å². The Morgan fingerprint density at radius 2 is 1.84 bits per heavy atom. The van der Waals surface area contributed by atoms with Crippen molar-refractivity contribution in [2.24, 2.45) is 16.8 Å². The maximum Gasteiger partial charge on any atom is 0.226 e. The molecule has 1 aliphatic heterocycles. The van der Waals surface area contributed by atoms with Crippen LogP contribution in [0.3, 0.4) is 0 Å². The van der Waals surface area contributed by atoms with Crippen LogP contribution in [0.15, 0.2) is 59.6 Å². The molecule has 32 heavy (non-hydrogen) atoms. The minimum atomic E-state index is -0.0299. The maximum atomic E-state index is 11.8. The number of guanidine groups is 1. The second-order valence-electron chi connectivity index (χ2n) is 8.34. The van der Waals surface area contributed by atoms with Gasteiger partial charge in [-0.2, -0.15) is 0 Å². The van der Waals surface area contributed by atoms with E-state index in [1.807, 2.05) is 63.4 Å². The van der Waals surface area contributed by atoms with Crippen LogP contribution >= 0.6 is 24.0 Å². The minimum Gasteiger partial charge on any atom is -0.376 e. The molecule has 1 fully saturated rings. The molecule has 0 bridgehead atoms. The van der Waals surface area contributed by atoms with Crippen LogP contribution in [0.4, 0.5) is 5.69 Å². The molecule has 1 aliphatic rings. The van der Waals surface area contributed by atoms with Gasteiger partial charge in [-0.1, -0.05) is 56.3 Å². The van der Waals surface area contributed by atoms with Gasteiger partial charge in [-0.3, -0.25) is 9.79 Å². The van der Waals surface area contributed by atoms with E-state index in [4.69, 9.17) is 4.74 Å². The summed E-state index contributed by atoms with van der Waals surface area (Å²) in [6.45, 7) is 7.84. The molecule has 1 atom stereocenters. The second kappa shape index (κ2) is 13.4. The second-order valence-corrected chi connectivity index (χ2v) is 8.34. The largest absolute Gasteiger partial charge is 0.376 e. The first kappa shape index (κ1) is 26.1. The van der Waals surface area contributed by atoms with Crippen LogP contribution in [0.25, 0.3) is 0 Å². The molecule has 1 amide bonds. The Kier molecular flexibility index (Phi) is 11.0. The zero-order valence-electron chi connectivity index (χ0n) is 19.2. The number of nitrogens with zero attached hydrogens (tertiary/aromatic N) is 2. The first-order valence-electron chi connectivity index (χ1n) is 11.0. The molecule has 1 unspecified atom stereocenters. The highest BCUT2D eigenvalue weighted by Crippen LogP contribution is 2.18. The number of benzene rings is 2. The fourth-order valence-electron chi connectivity index (χ4n) is 3.58. The van der Waals surface area contributed by atoms with E-state index in [0.717, 1.165) is 43.3 Å². The Hall–Kier alpha value is -2.13. The monoisotopic (exact) mass is 550 g/mol. The summed E-state index contributed by atoms with van der Waals surface area (Å²) >= 11 is 0. The standard InChI is InChI=1S/C25H34N4O2.HI/c1-19(2)24(30)28-23-11-9-20(10-12-23)15-27-25(26-3)29-14-13-22(16-29)18-31-17-21-7-5-4-6-8-21;/h4-12,19,22H,13-18H2,1-3H3,(H,26,27)(H,28,30);1H. The van der Waals surface area contributed by atoms with E-state index in [1.165, 1.54) is 5.56 Å². The molecular formula is C25H35IN4O2. The number of nitrogens with one attached hydrogen (secondary N) is 2. The van der Waals surface area contributed by atoms with E-state index in [2.05, 4.69) is 32.7 Å². The molecule has 0 aliphatic carbocycles. The fourth-order valence-corrected chi connectivity index (χ4v) is 3.58. The number of rotatable bonds is 8. The summed E-state index contributed by atoms with van der Waals surface area (Å²) in [6.07, 6.45) is 1.11. The van der Waals surface area contributed by atoms with Crippen molar-refractivity contribution >= 4 is 41.5 Å². The van der Waals surface area contributed by atoms with Crippen molar-refractivity contribution < 1.29 is 9.53 Å². The Morgan fingerprint density at radius 3 is 2.50 bits per heavy atom. The Morgan fingerprint density at radius 1 is 1.12 bits per heavy atom. The number of aliphatic imine (C=N–C) groups is 1. The summed E-state index contributed by atoms with van der Waals surface area (Å²) in [5.74, 6) is 1.44. The van der Waals surface area contributed by atoms with Crippen molar-refractivity contribution in [3.8, 4) is 0 Å². The predicted octanol–water partition coefficient (Wildman–Crippen LogP) is 4.51. The normalized spacial score (nSPS) is 16.1. The first-order chi connectivity index (χ1) is 15.0. The highest BCUT2D eigenvalue weighted by atomic mass is 127. The molecule has 0 radical (unpaired) electrons. The Balaban J connectivity index is 0.00000363. The molecule has 0 aromatic heterocycles. The van der Waals surface area contributed by atoms with Crippen molar-refractivity contribution in [3.05, 3.63) is 65.7 Å². The lowest BCUT2D eigenvalue weighted by Gasteiger charge is -2.22. The zero-order chi connectivity index (χ0) is 22.1. The Bertz CT molecular complexity index is 856. The van der Waals surface area contributed by atoms with Crippen LogP contribution in [0, 0.1) is 11.8 Å². The highest BCUT2D eigenvalue weighted by Gasteiger charge is 2.25. The van der Waals surface area contributed by atoms with Gasteiger partial charge in [0.15, 0.2) is 5.96 Å². The van der Waals surface area contributed by atoms with Crippen LogP contribution in [0.1, 0.15) is 31.4 Å². The third kappa shape index (κ3) is 8.09. The summed E-state index contributed by atoms with van der Waals surface area (Å²) in [4.78, 5) is 18.6. The summed E-state index contributed by atoms with van der Waals surface area (Å²) in [5, 5.41) is 6.37.